The van der Waals surface area contributed by atoms with Crippen LogP contribution in [0.5, 0.6) is 11.5 Å². The van der Waals surface area contributed by atoms with Crippen molar-refractivity contribution in [1.29, 1.82) is 0 Å². The Bertz CT molecular complexity index is 532. The number of ether oxygens (including phenoxy) is 2. The SMILES string of the molecule is C/C=C/CCNC(=NC)N(C)Cc1ccc2c(c1)OCO2.I. The summed E-state index contributed by atoms with van der Waals surface area (Å²) in [6.45, 7) is 3.98. The molecular weight excluding hydrogens is 393 g/mol. The van der Waals surface area contributed by atoms with Crippen LogP contribution in [0, 0.1) is 0 Å². The van der Waals surface area contributed by atoms with Crippen molar-refractivity contribution in [3.8, 4) is 11.5 Å². The summed E-state index contributed by atoms with van der Waals surface area (Å²) in [4.78, 5) is 6.40. The van der Waals surface area contributed by atoms with Gasteiger partial charge in [-0.3, -0.25) is 4.99 Å². The fraction of sp³-hybridized carbons (Fsp3) is 0.438. The fourth-order valence-electron chi connectivity index (χ4n) is 2.21. The van der Waals surface area contributed by atoms with Gasteiger partial charge in [0.2, 0.25) is 6.79 Å². The van der Waals surface area contributed by atoms with Crippen molar-refractivity contribution < 1.29 is 9.47 Å². The third kappa shape index (κ3) is 5.08. The molecule has 5 nitrogen and oxygen atoms in total. The van der Waals surface area contributed by atoms with Gasteiger partial charge in [-0.1, -0.05) is 18.2 Å². The van der Waals surface area contributed by atoms with E-state index in [0.29, 0.717) is 6.79 Å². The van der Waals surface area contributed by atoms with Crippen LogP contribution in [0.15, 0.2) is 35.3 Å². The summed E-state index contributed by atoms with van der Waals surface area (Å²) >= 11 is 0. The molecule has 1 aromatic carbocycles. The number of hydrogen-bond donors (Lipinski definition) is 1. The van der Waals surface area contributed by atoms with Crippen LogP contribution < -0.4 is 14.8 Å². The number of aliphatic imine (C=N–C) groups is 1. The largest absolute Gasteiger partial charge is 0.454 e. The molecule has 1 aromatic rings. The summed E-state index contributed by atoms with van der Waals surface area (Å²) < 4.78 is 10.7. The first kappa shape index (κ1) is 18.6. The molecule has 0 saturated carbocycles. The predicted octanol–water partition coefficient (Wildman–Crippen LogP) is 3.01. The van der Waals surface area contributed by atoms with Gasteiger partial charge >= 0.3 is 0 Å². The van der Waals surface area contributed by atoms with Gasteiger partial charge in [0.05, 0.1) is 0 Å². The highest BCUT2D eigenvalue weighted by atomic mass is 127. The zero-order valence-corrected chi connectivity index (χ0v) is 15.7. The van der Waals surface area contributed by atoms with Crippen LogP contribution in [0.2, 0.25) is 0 Å². The van der Waals surface area contributed by atoms with Crippen molar-refractivity contribution in [2.24, 2.45) is 4.99 Å². The van der Waals surface area contributed by atoms with E-state index in [2.05, 4.69) is 33.4 Å². The van der Waals surface area contributed by atoms with Gasteiger partial charge < -0.3 is 19.7 Å². The van der Waals surface area contributed by atoms with Crippen LogP contribution in [0.3, 0.4) is 0 Å². The summed E-state index contributed by atoms with van der Waals surface area (Å²) in [6.07, 6.45) is 5.19. The van der Waals surface area contributed by atoms with E-state index in [1.807, 2.05) is 26.1 Å². The second-order valence-corrected chi connectivity index (χ2v) is 4.88. The number of nitrogens with one attached hydrogen (secondary N) is 1. The lowest BCUT2D eigenvalue weighted by Crippen LogP contribution is -2.38. The lowest BCUT2D eigenvalue weighted by molar-refractivity contribution is 0.174. The summed E-state index contributed by atoms with van der Waals surface area (Å²) in [5.74, 6) is 2.52. The lowest BCUT2D eigenvalue weighted by Gasteiger charge is -2.22. The van der Waals surface area contributed by atoms with E-state index in [1.165, 1.54) is 0 Å². The van der Waals surface area contributed by atoms with Crippen molar-refractivity contribution in [2.75, 3.05) is 27.4 Å². The minimum absolute atomic E-state index is 0. The number of benzene rings is 1. The Morgan fingerprint density at radius 3 is 2.86 bits per heavy atom. The van der Waals surface area contributed by atoms with E-state index >= 15 is 0 Å². The quantitative estimate of drug-likeness (QED) is 0.263. The average molecular weight is 417 g/mol. The maximum absolute atomic E-state index is 5.41. The van der Waals surface area contributed by atoms with E-state index in [1.54, 1.807) is 7.05 Å². The van der Waals surface area contributed by atoms with Crippen LogP contribution in [0.4, 0.5) is 0 Å². The molecule has 2 rings (SSSR count). The normalized spacial score (nSPS) is 13.1. The number of halogens is 1. The number of guanidine groups is 1. The highest BCUT2D eigenvalue weighted by molar-refractivity contribution is 14.0. The Labute approximate surface area is 149 Å². The molecule has 122 valence electrons. The summed E-state index contributed by atoms with van der Waals surface area (Å²) in [7, 11) is 3.82. The summed E-state index contributed by atoms with van der Waals surface area (Å²) in [5.41, 5.74) is 1.16. The zero-order chi connectivity index (χ0) is 15.1. The molecule has 6 heteroatoms. The van der Waals surface area contributed by atoms with Crippen molar-refractivity contribution >= 4 is 29.9 Å². The summed E-state index contributed by atoms with van der Waals surface area (Å²) in [5, 5.41) is 3.35. The molecule has 0 saturated heterocycles. The van der Waals surface area contributed by atoms with Gasteiger partial charge in [-0.2, -0.15) is 0 Å². The molecular formula is C16H24IN3O2. The highest BCUT2D eigenvalue weighted by Gasteiger charge is 2.14. The first-order chi connectivity index (χ1) is 10.2. The molecule has 0 spiro atoms. The topological polar surface area (TPSA) is 46.1 Å². The molecule has 0 amide bonds. The first-order valence-corrected chi connectivity index (χ1v) is 7.16. The highest BCUT2D eigenvalue weighted by Crippen LogP contribution is 2.32. The van der Waals surface area contributed by atoms with Gasteiger partial charge in [0.15, 0.2) is 17.5 Å². The van der Waals surface area contributed by atoms with E-state index in [4.69, 9.17) is 9.47 Å². The van der Waals surface area contributed by atoms with Crippen molar-refractivity contribution in [3.63, 3.8) is 0 Å². The third-order valence-corrected chi connectivity index (χ3v) is 3.26. The molecule has 0 aliphatic carbocycles. The van der Waals surface area contributed by atoms with E-state index in [-0.39, 0.29) is 24.0 Å². The lowest BCUT2D eigenvalue weighted by atomic mass is 10.2. The van der Waals surface area contributed by atoms with Crippen LogP contribution in [0.25, 0.3) is 0 Å². The Hall–Kier alpha value is -1.44. The molecule has 1 N–H and O–H groups in total. The minimum atomic E-state index is 0. The number of hydrogen-bond acceptors (Lipinski definition) is 3. The Morgan fingerprint density at radius 1 is 1.36 bits per heavy atom. The number of allylic oxidation sites excluding steroid dienone is 1. The van der Waals surface area contributed by atoms with Crippen molar-refractivity contribution in [3.05, 3.63) is 35.9 Å². The van der Waals surface area contributed by atoms with Gasteiger partial charge in [0.1, 0.15) is 0 Å². The third-order valence-electron chi connectivity index (χ3n) is 3.26. The molecule has 0 atom stereocenters. The maximum Gasteiger partial charge on any atom is 0.231 e. The zero-order valence-electron chi connectivity index (χ0n) is 13.3. The molecule has 0 radical (unpaired) electrons. The van der Waals surface area contributed by atoms with Crippen LogP contribution >= 0.6 is 24.0 Å². The van der Waals surface area contributed by atoms with Crippen LogP contribution in [0.1, 0.15) is 18.9 Å². The van der Waals surface area contributed by atoms with Crippen LogP contribution in [-0.2, 0) is 6.54 Å². The maximum atomic E-state index is 5.41. The van der Waals surface area contributed by atoms with Gasteiger partial charge in [-0.15, -0.1) is 24.0 Å². The molecule has 1 aliphatic heterocycles. The van der Waals surface area contributed by atoms with Crippen molar-refractivity contribution in [2.45, 2.75) is 19.9 Å². The number of rotatable bonds is 5. The molecule has 1 aliphatic rings. The van der Waals surface area contributed by atoms with E-state index in [9.17, 15) is 0 Å². The van der Waals surface area contributed by atoms with E-state index in [0.717, 1.165) is 42.5 Å². The Morgan fingerprint density at radius 2 is 2.14 bits per heavy atom. The predicted molar refractivity (Wildman–Crippen MR) is 100 cm³/mol. The second kappa shape index (κ2) is 9.55. The van der Waals surface area contributed by atoms with Gasteiger partial charge in [0.25, 0.3) is 0 Å². The Kier molecular flexibility index (Phi) is 8.08. The van der Waals surface area contributed by atoms with Gasteiger partial charge in [-0.25, -0.2) is 0 Å². The van der Waals surface area contributed by atoms with Gasteiger partial charge in [0, 0.05) is 27.2 Å². The molecule has 0 bridgehead atoms. The second-order valence-electron chi connectivity index (χ2n) is 4.88. The van der Waals surface area contributed by atoms with Crippen molar-refractivity contribution in [1.82, 2.24) is 10.2 Å². The number of fused-ring (bicyclic) bond motifs is 1. The fourth-order valence-corrected chi connectivity index (χ4v) is 2.21. The Balaban J connectivity index is 0.00000242. The first-order valence-electron chi connectivity index (χ1n) is 7.16. The smallest absolute Gasteiger partial charge is 0.231 e. The molecule has 0 aromatic heterocycles. The molecule has 1 heterocycles. The molecule has 0 fully saturated rings. The standard InChI is InChI=1S/C16H23N3O2.HI/c1-4-5-6-9-18-16(17-2)19(3)11-13-7-8-14-15(10-13)21-12-20-14;/h4-5,7-8,10H,6,9,11-12H2,1-3H3,(H,17,18);1H/b5-4+;. The summed E-state index contributed by atoms with van der Waals surface area (Å²) in [6, 6.07) is 6.02. The van der Waals surface area contributed by atoms with Gasteiger partial charge in [-0.05, 0) is 31.0 Å². The molecule has 0 unspecified atom stereocenters. The minimum Gasteiger partial charge on any atom is -0.454 e. The monoisotopic (exact) mass is 417 g/mol. The van der Waals surface area contributed by atoms with Crippen LogP contribution in [-0.4, -0.2) is 38.3 Å². The number of nitrogens with zero attached hydrogens (tertiary/aromatic N) is 2. The molecule has 22 heavy (non-hydrogen) atoms. The van der Waals surface area contributed by atoms with E-state index < -0.39 is 0 Å². The average Bonchev–Trinajstić information content (AvgIpc) is 2.95.